The summed E-state index contributed by atoms with van der Waals surface area (Å²) in [6, 6.07) is 10.3. The van der Waals surface area contributed by atoms with Gasteiger partial charge in [-0.2, -0.15) is 0 Å². The lowest BCUT2D eigenvalue weighted by Gasteiger charge is -2.15. The molecule has 3 rings (SSSR count). The molecule has 1 heterocycles. The molecule has 1 aliphatic rings. The highest BCUT2D eigenvalue weighted by Gasteiger charge is 2.20. The van der Waals surface area contributed by atoms with Gasteiger partial charge in [-0.15, -0.1) is 11.3 Å². The van der Waals surface area contributed by atoms with Crippen LogP contribution in [0.25, 0.3) is 0 Å². The Bertz CT molecular complexity index is 617. The molecule has 0 fully saturated rings. The second-order valence-electron chi connectivity index (χ2n) is 5.78. The lowest BCUT2D eigenvalue weighted by atomic mass is 9.95. The van der Waals surface area contributed by atoms with E-state index < -0.39 is 0 Å². The van der Waals surface area contributed by atoms with E-state index in [1.165, 1.54) is 28.8 Å². The molecular weight excluding hydrogens is 278 g/mol. The van der Waals surface area contributed by atoms with Gasteiger partial charge in [0.05, 0.1) is 5.56 Å². The Kier molecular flexibility index (Phi) is 4.39. The van der Waals surface area contributed by atoms with Crippen molar-refractivity contribution in [2.24, 2.45) is 0 Å². The van der Waals surface area contributed by atoms with Gasteiger partial charge in [0.15, 0.2) is 0 Å². The van der Waals surface area contributed by atoms with E-state index in [0.29, 0.717) is 12.5 Å². The van der Waals surface area contributed by atoms with Gasteiger partial charge in [0.2, 0.25) is 0 Å². The number of thiophene rings is 1. The highest BCUT2D eigenvalue weighted by molar-refractivity contribution is 7.10. The third-order valence-electron chi connectivity index (χ3n) is 4.24. The first-order valence-corrected chi connectivity index (χ1v) is 8.56. The van der Waals surface area contributed by atoms with Gasteiger partial charge < -0.3 is 5.32 Å². The lowest BCUT2D eigenvalue weighted by molar-refractivity contribution is 0.0951. The fraction of sp³-hybridized carbons (Fsp3) is 0.389. The van der Waals surface area contributed by atoms with E-state index in [0.717, 1.165) is 18.4 Å². The first-order valence-electron chi connectivity index (χ1n) is 7.68. The molecule has 0 aliphatic heterocycles. The molecule has 1 aromatic carbocycles. The van der Waals surface area contributed by atoms with E-state index in [-0.39, 0.29) is 5.91 Å². The normalized spacial score (nSPS) is 15.3. The van der Waals surface area contributed by atoms with Crippen molar-refractivity contribution < 1.29 is 4.79 Å². The number of nitrogens with one attached hydrogen (secondary N) is 1. The molecule has 1 aromatic heterocycles. The predicted octanol–water partition coefficient (Wildman–Crippen LogP) is 4.16. The van der Waals surface area contributed by atoms with Crippen molar-refractivity contribution >= 4 is 17.2 Å². The minimum Gasteiger partial charge on any atom is -0.351 e. The van der Waals surface area contributed by atoms with Crippen LogP contribution < -0.4 is 5.32 Å². The van der Waals surface area contributed by atoms with E-state index in [1.807, 2.05) is 23.6 Å². The second kappa shape index (κ2) is 6.44. The smallest absolute Gasteiger partial charge is 0.252 e. The third-order valence-corrected chi connectivity index (χ3v) is 5.33. The maximum atomic E-state index is 12.4. The molecule has 1 atom stereocenters. The molecule has 0 radical (unpaired) electrons. The third kappa shape index (κ3) is 3.18. The molecule has 1 aliphatic carbocycles. The Morgan fingerprint density at radius 3 is 2.81 bits per heavy atom. The fourth-order valence-electron chi connectivity index (χ4n) is 2.92. The van der Waals surface area contributed by atoms with Crippen LogP contribution in [0.3, 0.4) is 0 Å². The zero-order chi connectivity index (χ0) is 14.7. The minimum atomic E-state index is 0.0946. The molecule has 0 spiro atoms. The van der Waals surface area contributed by atoms with Crippen LogP contribution in [0.4, 0.5) is 0 Å². The average molecular weight is 299 g/mol. The topological polar surface area (TPSA) is 29.1 Å². The Labute approximate surface area is 130 Å². The summed E-state index contributed by atoms with van der Waals surface area (Å²) in [4.78, 5) is 13.8. The standard InChI is InChI=1S/C18H21NOS/c1-13(14-7-3-2-4-8-14)11-19-18(20)16-12-21-17-10-6-5-9-15(16)17/h2-4,7-8,12-13H,5-6,9-11H2,1H3,(H,19,20)/t13-/m1/s1. The van der Waals surface area contributed by atoms with Crippen LogP contribution in [0.2, 0.25) is 0 Å². The summed E-state index contributed by atoms with van der Waals surface area (Å²) in [5.41, 5.74) is 3.48. The summed E-state index contributed by atoms with van der Waals surface area (Å²) in [5.74, 6) is 0.432. The molecule has 21 heavy (non-hydrogen) atoms. The van der Waals surface area contributed by atoms with Crippen molar-refractivity contribution in [2.45, 2.75) is 38.5 Å². The number of carbonyl (C=O) groups is 1. The SMILES string of the molecule is C[C@H](CNC(=O)c1csc2c1CCCC2)c1ccccc1. The minimum absolute atomic E-state index is 0.0946. The van der Waals surface area contributed by atoms with Gasteiger partial charge in [0, 0.05) is 16.8 Å². The number of fused-ring (bicyclic) bond motifs is 1. The molecule has 0 bridgehead atoms. The first kappa shape index (κ1) is 14.3. The Morgan fingerprint density at radius 2 is 2.00 bits per heavy atom. The van der Waals surface area contributed by atoms with Crippen molar-refractivity contribution in [1.82, 2.24) is 5.32 Å². The molecule has 3 heteroatoms. The average Bonchev–Trinajstić information content (AvgIpc) is 2.97. The highest BCUT2D eigenvalue weighted by Crippen LogP contribution is 2.30. The summed E-state index contributed by atoms with van der Waals surface area (Å²) < 4.78 is 0. The number of rotatable bonds is 4. The monoisotopic (exact) mass is 299 g/mol. The molecular formula is C18H21NOS. The van der Waals surface area contributed by atoms with Crippen LogP contribution in [-0.4, -0.2) is 12.5 Å². The van der Waals surface area contributed by atoms with Crippen molar-refractivity contribution in [3.63, 3.8) is 0 Å². The zero-order valence-corrected chi connectivity index (χ0v) is 13.2. The maximum absolute atomic E-state index is 12.4. The number of hydrogen-bond donors (Lipinski definition) is 1. The summed E-state index contributed by atoms with van der Waals surface area (Å²) >= 11 is 1.75. The van der Waals surface area contributed by atoms with Crippen molar-refractivity contribution in [3.05, 3.63) is 57.3 Å². The van der Waals surface area contributed by atoms with E-state index in [9.17, 15) is 4.79 Å². The molecule has 2 nitrogen and oxygen atoms in total. The van der Waals surface area contributed by atoms with E-state index >= 15 is 0 Å². The number of carbonyl (C=O) groups excluding carboxylic acids is 1. The quantitative estimate of drug-likeness (QED) is 0.902. The Balaban J connectivity index is 1.63. The summed E-state index contributed by atoms with van der Waals surface area (Å²) in [6.07, 6.45) is 4.69. The van der Waals surface area contributed by atoms with E-state index in [2.05, 4.69) is 24.4 Å². The molecule has 0 saturated heterocycles. The summed E-state index contributed by atoms with van der Waals surface area (Å²) in [6.45, 7) is 2.84. The van der Waals surface area contributed by atoms with Crippen LogP contribution in [0.5, 0.6) is 0 Å². The van der Waals surface area contributed by atoms with Crippen molar-refractivity contribution in [3.8, 4) is 0 Å². The van der Waals surface area contributed by atoms with E-state index in [1.54, 1.807) is 11.3 Å². The molecule has 0 saturated carbocycles. The van der Waals surface area contributed by atoms with Gasteiger partial charge in [-0.05, 0) is 42.7 Å². The number of amides is 1. The fourth-order valence-corrected chi connectivity index (χ4v) is 4.05. The van der Waals surface area contributed by atoms with Gasteiger partial charge >= 0.3 is 0 Å². The second-order valence-corrected chi connectivity index (χ2v) is 6.74. The molecule has 1 amide bonds. The number of aryl methyl sites for hydroxylation is 1. The maximum Gasteiger partial charge on any atom is 0.252 e. The Morgan fingerprint density at radius 1 is 1.24 bits per heavy atom. The molecule has 1 N–H and O–H groups in total. The number of hydrogen-bond acceptors (Lipinski definition) is 2. The van der Waals surface area contributed by atoms with Gasteiger partial charge in [0.1, 0.15) is 0 Å². The molecule has 0 unspecified atom stereocenters. The van der Waals surface area contributed by atoms with Gasteiger partial charge in [0.25, 0.3) is 5.91 Å². The van der Waals surface area contributed by atoms with E-state index in [4.69, 9.17) is 0 Å². The van der Waals surface area contributed by atoms with Crippen LogP contribution in [0.1, 0.15) is 52.0 Å². The number of benzene rings is 1. The predicted molar refractivity (Wildman–Crippen MR) is 88.2 cm³/mol. The largest absolute Gasteiger partial charge is 0.351 e. The summed E-state index contributed by atoms with van der Waals surface area (Å²) in [5, 5.41) is 5.14. The van der Waals surface area contributed by atoms with Crippen LogP contribution in [0.15, 0.2) is 35.7 Å². The van der Waals surface area contributed by atoms with Crippen molar-refractivity contribution in [1.29, 1.82) is 0 Å². The van der Waals surface area contributed by atoms with Crippen molar-refractivity contribution in [2.75, 3.05) is 6.54 Å². The molecule has 110 valence electrons. The van der Waals surface area contributed by atoms with Crippen LogP contribution >= 0.6 is 11.3 Å². The lowest BCUT2D eigenvalue weighted by Crippen LogP contribution is -2.28. The van der Waals surface area contributed by atoms with Crippen LogP contribution in [0, 0.1) is 0 Å². The van der Waals surface area contributed by atoms with Gasteiger partial charge in [-0.25, -0.2) is 0 Å². The zero-order valence-electron chi connectivity index (χ0n) is 12.4. The first-order chi connectivity index (χ1) is 10.3. The highest BCUT2D eigenvalue weighted by atomic mass is 32.1. The van der Waals surface area contributed by atoms with Gasteiger partial charge in [-0.3, -0.25) is 4.79 Å². The van der Waals surface area contributed by atoms with Crippen LogP contribution in [-0.2, 0) is 12.8 Å². The summed E-state index contributed by atoms with van der Waals surface area (Å²) in [7, 11) is 0. The van der Waals surface area contributed by atoms with Gasteiger partial charge in [-0.1, -0.05) is 37.3 Å². The molecule has 2 aromatic rings. The Hall–Kier alpha value is -1.61.